The number of hydrogen-bond acceptors (Lipinski definition) is 3. The predicted molar refractivity (Wildman–Crippen MR) is 115 cm³/mol. The lowest BCUT2D eigenvalue weighted by molar-refractivity contribution is 0.371. The van der Waals surface area contributed by atoms with Gasteiger partial charge in [0.25, 0.3) is 10.0 Å². The van der Waals surface area contributed by atoms with Crippen molar-refractivity contribution in [3.63, 3.8) is 0 Å². The molecule has 1 heterocycles. The third kappa shape index (κ3) is 3.97. The Morgan fingerprint density at radius 1 is 0.966 bits per heavy atom. The van der Waals surface area contributed by atoms with Gasteiger partial charge in [-0.1, -0.05) is 57.9 Å². The molecule has 148 valence electrons. The van der Waals surface area contributed by atoms with E-state index in [1.54, 1.807) is 36.4 Å². The molecule has 1 atom stereocenters. The first-order chi connectivity index (χ1) is 13.8. The maximum Gasteiger partial charge on any atom is 0.279 e. The highest BCUT2D eigenvalue weighted by Gasteiger charge is 2.37. The molecule has 7 heteroatoms. The van der Waals surface area contributed by atoms with E-state index >= 15 is 0 Å². The topological polar surface area (TPSA) is 49.7 Å². The van der Waals surface area contributed by atoms with Gasteiger partial charge in [0.15, 0.2) is 0 Å². The van der Waals surface area contributed by atoms with Crippen molar-refractivity contribution >= 4 is 31.7 Å². The van der Waals surface area contributed by atoms with Crippen molar-refractivity contribution in [1.82, 2.24) is 4.41 Å². The van der Waals surface area contributed by atoms with Gasteiger partial charge in [-0.2, -0.15) is 17.9 Å². The summed E-state index contributed by atoms with van der Waals surface area (Å²) >= 11 is 3.41. The lowest BCUT2D eigenvalue weighted by atomic mass is 9.99. The van der Waals surface area contributed by atoms with E-state index in [0.29, 0.717) is 17.7 Å². The zero-order valence-corrected chi connectivity index (χ0v) is 18.0. The highest BCUT2D eigenvalue weighted by atomic mass is 79.9. The Hall–Kier alpha value is -2.51. The number of benzene rings is 3. The average molecular weight is 473 g/mol. The molecule has 0 unspecified atom stereocenters. The van der Waals surface area contributed by atoms with Gasteiger partial charge in [-0.05, 0) is 54.4 Å². The Bertz CT molecular complexity index is 1160. The second-order valence-electron chi connectivity index (χ2n) is 6.92. The van der Waals surface area contributed by atoms with E-state index in [1.165, 1.54) is 12.1 Å². The maximum absolute atomic E-state index is 13.4. The van der Waals surface area contributed by atoms with E-state index in [2.05, 4.69) is 21.0 Å². The molecule has 3 aromatic rings. The molecule has 1 aliphatic heterocycles. The molecule has 4 nitrogen and oxygen atoms in total. The molecule has 0 saturated carbocycles. The zero-order valence-electron chi connectivity index (χ0n) is 15.6. The fourth-order valence-corrected chi connectivity index (χ4v) is 4.98. The van der Waals surface area contributed by atoms with Crippen LogP contribution in [0.2, 0.25) is 0 Å². The highest BCUT2D eigenvalue weighted by molar-refractivity contribution is 9.10. The number of nitrogens with zero attached hydrogens (tertiary/aromatic N) is 2. The van der Waals surface area contributed by atoms with E-state index in [0.717, 1.165) is 20.0 Å². The van der Waals surface area contributed by atoms with Gasteiger partial charge in [0, 0.05) is 10.9 Å². The molecular formula is C22H18BrFN2O2S. The largest absolute Gasteiger partial charge is 0.279 e. The van der Waals surface area contributed by atoms with Gasteiger partial charge in [0.05, 0.1) is 16.6 Å². The summed E-state index contributed by atoms with van der Waals surface area (Å²) in [4.78, 5) is 0.177. The molecule has 0 fully saturated rings. The molecule has 29 heavy (non-hydrogen) atoms. The summed E-state index contributed by atoms with van der Waals surface area (Å²) in [6, 6.07) is 19.6. The highest BCUT2D eigenvalue weighted by Crippen LogP contribution is 2.37. The molecular weight excluding hydrogens is 455 g/mol. The van der Waals surface area contributed by atoms with Crippen LogP contribution in [0.25, 0.3) is 0 Å². The number of aryl methyl sites for hydroxylation is 1. The number of sulfonamides is 1. The second-order valence-corrected chi connectivity index (χ2v) is 9.63. The molecule has 1 aliphatic rings. The van der Waals surface area contributed by atoms with Gasteiger partial charge in [0.1, 0.15) is 5.82 Å². The summed E-state index contributed by atoms with van der Waals surface area (Å²) in [7, 11) is -3.87. The fraction of sp³-hybridized carbons (Fsp3) is 0.136. The monoisotopic (exact) mass is 472 g/mol. The summed E-state index contributed by atoms with van der Waals surface area (Å²) in [5.74, 6) is -0.367. The smallest absolute Gasteiger partial charge is 0.207 e. The molecule has 0 aromatic heterocycles. The summed E-state index contributed by atoms with van der Waals surface area (Å²) < 4.78 is 42.2. The second kappa shape index (κ2) is 7.72. The first-order valence-electron chi connectivity index (χ1n) is 9.04. The van der Waals surface area contributed by atoms with Gasteiger partial charge in [-0.25, -0.2) is 4.39 Å². The van der Waals surface area contributed by atoms with E-state index in [1.807, 2.05) is 31.2 Å². The third-order valence-electron chi connectivity index (χ3n) is 4.87. The molecule has 3 aromatic carbocycles. The van der Waals surface area contributed by atoms with Crippen LogP contribution in [0.15, 0.2) is 87.3 Å². The first-order valence-corrected chi connectivity index (χ1v) is 11.3. The minimum absolute atomic E-state index is 0.177. The SMILES string of the molecule is Cc1ccc(S(=O)(=O)N2N=C(c3ccc(Br)cc3)C[C@H]2c2ccc(F)cc2)cc1. The van der Waals surface area contributed by atoms with E-state index in [-0.39, 0.29) is 10.7 Å². The number of halogens is 2. The molecule has 0 spiro atoms. The lowest BCUT2D eigenvalue weighted by Gasteiger charge is -2.23. The summed E-state index contributed by atoms with van der Waals surface area (Å²) in [5, 5.41) is 4.49. The van der Waals surface area contributed by atoms with Crippen LogP contribution in [-0.2, 0) is 10.0 Å². The Labute approximate surface area is 177 Å². The van der Waals surface area contributed by atoms with Crippen molar-refractivity contribution in [2.75, 3.05) is 0 Å². The van der Waals surface area contributed by atoms with Crippen LogP contribution in [0.3, 0.4) is 0 Å². The minimum atomic E-state index is -3.87. The molecule has 4 rings (SSSR count). The first kappa shape index (κ1) is 19.8. The van der Waals surface area contributed by atoms with Crippen LogP contribution >= 0.6 is 15.9 Å². The summed E-state index contributed by atoms with van der Waals surface area (Å²) in [6.07, 6.45) is 0.401. The van der Waals surface area contributed by atoms with Crippen LogP contribution in [0.4, 0.5) is 4.39 Å². The number of hydrazone groups is 1. The maximum atomic E-state index is 13.4. The fourth-order valence-electron chi connectivity index (χ4n) is 3.28. The Morgan fingerprint density at radius 3 is 2.21 bits per heavy atom. The molecule has 0 N–H and O–H groups in total. The third-order valence-corrected chi connectivity index (χ3v) is 7.10. The average Bonchev–Trinajstić information content (AvgIpc) is 3.16. The lowest BCUT2D eigenvalue weighted by Crippen LogP contribution is -2.27. The van der Waals surface area contributed by atoms with Gasteiger partial charge in [0.2, 0.25) is 0 Å². The van der Waals surface area contributed by atoms with Gasteiger partial charge < -0.3 is 0 Å². The standard InChI is InChI=1S/C22H18BrFN2O2S/c1-15-2-12-20(13-3-15)29(27,28)26-22(17-6-10-19(24)11-7-17)14-21(25-26)16-4-8-18(23)9-5-16/h2-13,22H,14H2,1H3/t22-/m0/s1. The van der Waals surface area contributed by atoms with Crippen molar-refractivity contribution in [2.24, 2.45) is 5.10 Å². The Kier molecular flexibility index (Phi) is 5.27. The number of hydrogen-bond donors (Lipinski definition) is 0. The van der Waals surface area contributed by atoms with Crippen LogP contribution in [0.5, 0.6) is 0 Å². The summed E-state index contributed by atoms with van der Waals surface area (Å²) in [6.45, 7) is 1.90. The molecule has 0 saturated heterocycles. The van der Waals surface area contributed by atoms with Crippen LogP contribution in [0, 0.1) is 12.7 Å². The van der Waals surface area contributed by atoms with Crippen molar-refractivity contribution in [3.8, 4) is 0 Å². The normalized spacial score (nSPS) is 16.7. The zero-order chi connectivity index (χ0) is 20.6. The van der Waals surface area contributed by atoms with Crippen LogP contribution < -0.4 is 0 Å². The van der Waals surface area contributed by atoms with Crippen molar-refractivity contribution in [3.05, 3.63) is 99.8 Å². The van der Waals surface area contributed by atoms with Crippen molar-refractivity contribution in [2.45, 2.75) is 24.3 Å². The summed E-state index contributed by atoms with van der Waals surface area (Å²) in [5.41, 5.74) is 3.18. The van der Waals surface area contributed by atoms with Crippen molar-refractivity contribution < 1.29 is 12.8 Å². The quantitative estimate of drug-likeness (QED) is 0.507. The van der Waals surface area contributed by atoms with Crippen molar-refractivity contribution in [1.29, 1.82) is 0 Å². The van der Waals surface area contributed by atoms with Gasteiger partial charge in [-0.15, -0.1) is 0 Å². The van der Waals surface area contributed by atoms with Gasteiger partial charge in [-0.3, -0.25) is 0 Å². The molecule has 0 aliphatic carbocycles. The molecule has 0 radical (unpaired) electrons. The minimum Gasteiger partial charge on any atom is -0.207 e. The Balaban J connectivity index is 1.79. The molecule has 0 bridgehead atoms. The van der Waals surface area contributed by atoms with Crippen LogP contribution in [0.1, 0.15) is 29.2 Å². The van der Waals surface area contributed by atoms with E-state index in [4.69, 9.17) is 0 Å². The number of rotatable bonds is 4. The van der Waals surface area contributed by atoms with Gasteiger partial charge >= 0.3 is 0 Å². The Morgan fingerprint density at radius 2 is 1.59 bits per heavy atom. The molecule has 0 amide bonds. The van der Waals surface area contributed by atoms with Crippen LogP contribution in [-0.4, -0.2) is 18.5 Å². The van der Waals surface area contributed by atoms with E-state index < -0.39 is 16.1 Å². The predicted octanol–water partition coefficient (Wildman–Crippen LogP) is 5.44. The van der Waals surface area contributed by atoms with E-state index in [9.17, 15) is 12.8 Å².